The summed E-state index contributed by atoms with van der Waals surface area (Å²) in [5, 5.41) is 48.2. The van der Waals surface area contributed by atoms with Crippen LogP contribution in [0.4, 0.5) is 0 Å². The Hall–Kier alpha value is -3.14. The number of nitrogens with zero attached hydrogens (tertiary/aromatic N) is 3. The first-order chi connectivity index (χ1) is 12.9. The lowest BCUT2D eigenvalue weighted by Gasteiger charge is -2.47. The molecule has 2 unspecified atom stereocenters. The van der Waals surface area contributed by atoms with Gasteiger partial charge in [0.1, 0.15) is 11.7 Å². The van der Waals surface area contributed by atoms with Crippen molar-refractivity contribution >= 4 is 5.71 Å². The van der Waals surface area contributed by atoms with Crippen molar-refractivity contribution in [2.24, 2.45) is 17.3 Å². The molecule has 3 N–H and O–H groups in total. The Morgan fingerprint density at radius 1 is 1.26 bits per heavy atom. The van der Waals surface area contributed by atoms with E-state index < -0.39 is 17.3 Å². The average molecular weight is 360 g/mol. The highest BCUT2D eigenvalue weighted by atomic mass is 16.3. The van der Waals surface area contributed by atoms with Crippen LogP contribution in [0.1, 0.15) is 25.3 Å². The summed E-state index contributed by atoms with van der Waals surface area (Å²) in [5.74, 6) is -1.61. The molecule has 136 valence electrons. The van der Waals surface area contributed by atoms with Gasteiger partial charge in [0.15, 0.2) is 5.41 Å². The van der Waals surface area contributed by atoms with Gasteiger partial charge in [-0.05, 0) is 43.2 Å². The second-order valence-corrected chi connectivity index (χ2v) is 7.61. The quantitative estimate of drug-likeness (QED) is 0.693. The summed E-state index contributed by atoms with van der Waals surface area (Å²) >= 11 is 0. The van der Waals surface area contributed by atoms with E-state index in [1.54, 1.807) is 24.3 Å². The third kappa shape index (κ3) is 2.78. The van der Waals surface area contributed by atoms with Crippen LogP contribution in [-0.4, -0.2) is 29.9 Å². The first kappa shape index (κ1) is 18.6. The molecule has 1 fully saturated rings. The predicted molar refractivity (Wildman–Crippen MR) is 98.7 cm³/mol. The van der Waals surface area contributed by atoms with Crippen molar-refractivity contribution in [2.45, 2.75) is 25.8 Å². The van der Waals surface area contributed by atoms with Crippen molar-refractivity contribution in [1.29, 1.82) is 21.2 Å². The van der Waals surface area contributed by atoms with Gasteiger partial charge in [0, 0.05) is 11.8 Å². The highest BCUT2D eigenvalue weighted by Gasteiger charge is 2.58. The van der Waals surface area contributed by atoms with E-state index >= 15 is 0 Å². The van der Waals surface area contributed by atoms with Gasteiger partial charge >= 0.3 is 0 Å². The van der Waals surface area contributed by atoms with E-state index in [0.29, 0.717) is 18.2 Å². The van der Waals surface area contributed by atoms with E-state index in [0.717, 1.165) is 12.1 Å². The molecule has 6 nitrogen and oxygen atoms in total. The van der Waals surface area contributed by atoms with Gasteiger partial charge < -0.3 is 15.4 Å². The lowest BCUT2D eigenvalue weighted by Crippen LogP contribution is -3.16. The number of quaternary nitrogens is 1. The molecule has 0 spiro atoms. The van der Waals surface area contributed by atoms with Crippen molar-refractivity contribution in [3.05, 3.63) is 41.5 Å². The number of phenolic OH excluding ortho intramolecular Hbond substituents is 1. The Morgan fingerprint density at radius 2 is 1.96 bits per heavy atom. The molecule has 0 aromatic heterocycles. The van der Waals surface area contributed by atoms with Gasteiger partial charge in [-0.3, -0.25) is 0 Å². The molecular weight excluding hydrogens is 338 g/mol. The molecule has 1 saturated carbocycles. The molecule has 0 amide bonds. The maximum atomic E-state index is 9.98. The van der Waals surface area contributed by atoms with Crippen LogP contribution in [0.2, 0.25) is 0 Å². The maximum Gasteiger partial charge on any atom is 0.189 e. The lowest BCUT2D eigenvalue weighted by atomic mass is 9.54. The summed E-state index contributed by atoms with van der Waals surface area (Å²) in [6, 6.07) is 13.2. The van der Waals surface area contributed by atoms with Crippen molar-refractivity contribution in [3.8, 4) is 24.0 Å². The number of hydrogen-bond donors (Lipinski definition) is 3. The predicted octanol–water partition coefficient (Wildman–Crippen LogP) is 1.53. The molecule has 0 saturated heterocycles. The van der Waals surface area contributed by atoms with Crippen LogP contribution >= 0.6 is 0 Å². The lowest BCUT2D eigenvalue weighted by molar-refractivity contribution is -0.920. The monoisotopic (exact) mass is 360 g/mol. The first-order valence-electron chi connectivity index (χ1n) is 9.04. The molecule has 1 aliphatic heterocycles. The largest absolute Gasteiger partial charge is 0.508 e. The van der Waals surface area contributed by atoms with E-state index in [2.05, 4.69) is 32.1 Å². The molecule has 27 heavy (non-hydrogen) atoms. The molecule has 0 bridgehead atoms. The highest BCUT2D eigenvalue weighted by molar-refractivity contribution is 6.00. The Bertz CT molecular complexity index is 913. The minimum atomic E-state index is -1.73. The topological polar surface area (TPSA) is 120 Å². The number of hydrogen-bond acceptors (Lipinski definition) is 5. The standard InChI is InChI=1S/C21H21N5O/c1-13(2)26-7-6-16-17(9-22)20(25)21(11-23,12-24)19(18(16)10-26)14-4-3-5-15(27)8-14/h3-6,8,13,17-19,25,27H,7,10H2,1-2H3/p+1/t17?,18-,19+/m1/s1. The van der Waals surface area contributed by atoms with Gasteiger partial charge in [0.25, 0.3) is 0 Å². The van der Waals surface area contributed by atoms with Crippen molar-refractivity contribution in [2.75, 3.05) is 13.1 Å². The Balaban J connectivity index is 2.25. The van der Waals surface area contributed by atoms with E-state index in [4.69, 9.17) is 5.41 Å². The van der Waals surface area contributed by atoms with Gasteiger partial charge in [-0.2, -0.15) is 15.8 Å². The van der Waals surface area contributed by atoms with Crippen LogP contribution in [0.5, 0.6) is 5.75 Å². The number of benzene rings is 1. The Morgan fingerprint density at radius 3 is 2.52 bits per heavy atom. The SMILES string of the molecule is CC(C)[NH+]1CC=C2C(C#N)C(=N)C(C#N)(C#N)[C@@H](c3cccc(O)c3)[C@@H]2C1. The summed E-state index contributed by atoms with van der Waals surface area (Å²) in [5.41, 5.74) is -0.393. The fourth-order valence-corrected chi connectivity index (χ4v) is 4.49. The molecule has 6 heteroatoms. The summed E-state index contributed by atoms with van der Waals surface area (Å²) in [7, 11) is 0. The third-order valence-electron chi connectivity index (χ3n) is 5.95. The summed E-state index contributed by atoms with van der Waals surface area (Å²) in [6.07, 6.45) is 2.01. The zero-order chi connectivity index (χ0) is 19.8. The van der Waals surface area contributed by atoms with E-state index in [1.165, 1.54) is 4.90 Å². The summed E-state index contributed by atoms with van der Waals surface area (Å²) < 4.78 is 0. The third-order valence-corrected chi connectivity index (χ3v) is 5.95. The molecular formula is C21H22N5O+. The Kier molecular flexibility index (Phi) is 4.75. The molecule has 1 aromatic rings. The zero-order valence-electron chi connectivity index (χ0n) is 15.4. The van der Waals surface area contributed by atoms with E-state index in [9.17, 15) is 20.9 Å². The number of phenols is 1. The van der Waals surface area contributed by atoms with Crippen molar-refractivity contribution < 1.29 is 10.0 Å². The summed E-state index contributed by atoms with van der Waals surface area (Å²) in [6.45, 7) is 5.67. The fraction of sp³-hybridized carbons (Fsp3) is 0.429. The molecule has 4 atom stereocenters. The number of rotatable bonds is 2. The van der Waals surface area contributed by atoms with Crippen LogP contribution in [0.25, 0.3) is 0 Å². The highest BCUT2D eigenvalue weighted by Crippen LogP contribution is 2.52. The zero-order valence-corrected chi connectivity index (χ0v) is 15.4. The number of nitriles is 3. The normalized spacial score (nSPS) is 29.0. The van der Waals surface area contributed by atoms with Gasteiger partial charge in [0.2, 0.25) is 0 Å². The van der Waals surface area contributed by atoms with Gasteiger partial charge in [0.05, 0.1) is 43.1 Å². The fourth-order valence-electron chi connectivity index (χ4n) is 4.49. The van der Waals surface area contributed by atoms with Crippen LogP contribution in [-0.2, 0) is 0 Å². The Labute approximate surface area is 159 Å². The van der Waals surface area contributed by atoms with Crippen LogP contribution in [0, 0.1) is 56.7 Å². The van der Waals surface area contributed by atoms with E-state index in [1.807, 2.05) is 6.08 Å². The van der Waals surface area contributed by atoms with Crippen LogP contribution < -0.4 is 4.90 Å². The molecule has 2 aliphatic rings. The first-order valence-corrected chi connectivity index (χ1v) is 9.04. The number of aromatic hydroxyl groups is 1. The molecule has 1 aromatic carbocycles. The van der Waals surface area contributed by atoms with E-state index in [-0.39, 0.29) is 17.4 Å². The van der Waals surface area contributed by atoms with Gasteiger partial charge in [-0.15, -0.1) is 0 Å². The number of nitrogens with one attached hydrogen (secondary N) is 2. The maximum absolute atomic E-state index is 9.98. The number of fused-ring (bicyclic) bond motifs is 1. The van der Waals surface area contributed by atoms with Crippen LogP contribution in [0.3, 0.4) is 0 Å². The molecule has 1 aliphatic carbocycles. The van der Waals surface area contributed by atoms with Crippen molar-refractivity contribution in [3.63, 3.8) is 0 Å². The molecule has 3 rings (SSSR count). The second kappa shape index (κ2) is 6.88. The second-order valence-electron chi connectivity index (χ2n) is 7.61. The van der Waals surface area contributed by atoms with Gasteiger partial charge in [-0.1, -0.05) is 12.1 Å². The van der Waals surface area contributed by atoms with Crippen molar-refractivity contribution in [1.82, 2.24) is 0 Å². The van der Waals surface area contributed by atoms with Crippen LogP contribution in [0.15, 0.2) is 35.9 Å². The minimum absolute atomic E-state index is 0.0561. The molecule has 0 radical (unpaired) electrons. The van der Waals surface area contributed by atoms with Gasteiger partial charge in [-0.25, -0.2) is 0 Å². The minimum Gasteiger partial charge on any atom is -0.508 e. The molecule has 1 heterocycles. The smallest absolute Gasteiger partial charge is 0.189 e. The average Bonchev–Trinajstić information content (AvgIpc) is 2.66. The summed E-state index contributed by atoms with van der Waals surface area (Å²) in [4.78, 5) is 1.31.